The summed E-state index contributed by atoms with van der Waals surface area (Å²) in [6.45, 7) is 5.97. The molecule has 0 bridgehead atoms. The van der Waals surface area contributed by atoms with Crippen LogP contribution in [0.25, 0.3) is 0 Å². The summed E-state index contributed by atoms with van der Waals surface area (Å²) >= 11 is 0. The molecule has 0 atom stereocenters. The summed E-state index contributed by atoms with van der Waals surface area (Å²) in [4.78, 5) is 12.0. The summed E-state index contributed by atoms with van der Waals surface area (Å²) in [7, 11) is 1.63. The minimum atomic E-state index is -0.548. The van der Waals surface area contributed by atoms with Crippen molar-refractivity contribution in [2.75, 3.05) is 7.11 Å². The Morgan fingerprint density at radius 1 is 1.29 bits per heavy atom. The molecular formula is C11H21NO2. The minimum Gasteiger partial charge on any atom is -0.368 e. The second kappa shape index (κ2) is 3.89. The first-order valence-electron chi connectivity index (χ1n) is 5.27. The number of hydrogen-bond donors (Lipinski definition) is 1. The zero-order chi connectivity index (χ0) is 10.8. The van der Waals surface area contributed by atoms with Crippen molar-refractivity contribution in [1.29, 1.82) is 0 Å². The zero-order valence-electron chi connectivity index (χ0n) is 9.64. The fraction of sp³-hybridized carbons (Fsp3) is 0.909. The number of rotatable bonds is 2. The van der Waals surface area contributed by atoms with E-state index in [0.717, 1.165) is 25.7 Å². The number of methoxy groups -OCH3 is 1. The summed E-state index contributed by atoms with van der Waals surface area (Å²) in [5.74, 6) is 0.0463. The van der Waals surface area contributed by atoms with Gasteiger partial charge in [-0.25, -0.2) is 0 Å². The van der Waals surface area contributed by atoms with Gasteiger partial charge in [-0.3, -0.25) is 4.79 Å². The van der Waals surface area contributed by atoms with Crippen LogP contribution >= 0.6 is 0 Å². The second-order valence-electron chi connectivity index (χ2n) is 5.11. The molecule has 0 saturated heterocycles. The van der Waals surface area contributed by atoms with Crippen molar-refractivity contribution in [3.05, 3.63) is 0 Å². The van der Waals surface area contributed by atoms with Gasteiger partial charge in [-0.05, 0) is 46.5 Å². The van der Waals surface area contributed by atoms with Gasteiger partial charge in [0.05, 0.1) is 0 Å². The number of hydrogen-bond acceptors (Lipinski definition) is 2. The van der Waals surface area contributed by atoms with Gasteiger partial charge in [-0.2, -0.15) is 0 Å². The third-order valence-corrected chi connectivity index (χ3v) is 2.70. The highest BCUT2D eigenvalue weighted by Gasteiger charge is 2.42. The molecule has 1 aliphatic carbocycles. The lowest BCUT2D eigenvalue weighted by Crippen LogP contribution is -2.52. The highest BCUT2D eigenvalue weighted by Crippen LogP contribution is 2.33. The highest BCUT2D eigenvalue weighted by molar-refractivity contribution is 5.86. The van der Waals surface area contributed by atoms with Crippen LogP contribution in [0.5, 0.6) is 0 Å². The van der Waals surface area contributed by atoms with E-state index in [4.69, 9.17) is 4.74 Å². The van der Waals surface area contributed by atoms with E-state index in [1.165, 1.54) is 0 Å². The molecule has 0 radical (unpaired) electrons. The average molecular weight is 199 g/mol. The topological polar surface area (TPSA) is 38.3 Å². The Hall–Kier alpha value is -0.570. The number of amides is 1. The van der Waals surface area contributed by atoms with E-state index in [9.17, 15) is 4.79 Å². The monoisotopic (exact) mass is 199 g/mol. The second-order valence-corrected chi connectivity index (χ2v) is 5.11. The van der Waals surface area contributed by atoms with Crippen LogP contribution in [-0.2, 0) is 9.53 Å². The molecule has 82 valence electrons. The van der Waals surface area contributed by atoms with Gasteiger partial charge in [-0.1, -0.05) is 0 Å². The molecule has 0 aliphatic heterocycles. The van der Waals surface area contributed by atoms with E-state index < -0.39 is 5.60 Å². The first-order chi connectivity index (χ1) is 6.40. The van der Waals surface area contributed by atoms with Crippen LogP contribution in [0.3, 0.4) is 0 Å². The maximum absolute atomic E-state index is 12.0. The van der Waals surface area contributed by atoms with Crippen LogP contribution in [0, 0.1) is 0 Å². The van der Waals surface area contributed by atoms with Crippen molar-refractivity contribution >= 4 is 5.91 Å². The molecule has 1 aliphatic rings. The summed E-state index contributed by atoms with van der Waals surface area (Å²) in [5.41, 5.74) is -0.724. The van der Waals surface area contributed by atoms with Crippen LogP contribution in [0.1, 0.15) is 46.5 Å². The predicted molar refractivity (Wildman–Crippen MR) is 56.1 cm³/mol. The molecule has 1 rings (SSSR count). The van der Waals surface area contributed by atoms with Crippen molar-refractivity contribution < 1.29 is 9.53 Å². The molecule has 1 fully saturated rings. The van der Waals surface area contributed by atoms with E-state index in [1.54, 1.807) is 7.11 Å². The third kappa shape index (κ3) is 2.47. The molecule has 3 nitrogen and oxygen atoms in total. The van der Waals surface area contributed by atoms with Gasteiger partial charge in [0.25, 0.3) is 5.91 Å². The molecule has 1 amide bonds. The van der Waals surface area contributed by atoms with Gasteiger partial charge >= 0.3 is 0 Å². The van der Waals surface area contributed by atoms with Gasteiger partial charge in [-0.15, -0.1) is 0 Å². The predicted octanol–water partition coefficient (Wildman–Crippen LogP) is 1.86. The smallest absolute Gasteiger partial charge is 0.252 e. The SMILES string of the molecule is COC1(C(=O)NC(C)(C)C)CCCC1. The molecule has 3 heteroatoms. The quantitative estimate of drug-likeness (QED) is 0.737. The Kier molecular flexibility index (Phi) is 3.20. The molecule has 14 heavy (non-hydrogen) atoms. The van der Waals surface area contributed by atoms with E-state index >= 15 is 0 Å². The number of carbonyl (C=O) groups excluding carboxylic acids is 1. The lowest BCUT2D eigenvalue weighted by atomic mass is 9.98. The lowest BCUT2D eigenvalue weighted by Gasteiger charge is -2.30. The Morgan fingerprint density at radius 2 is 1.79 bits per heavy atom. The summed E-state index contributed by atoms with van der Waals surface area (Å²) in [6.07, 6.45) is 3.88. The summed E-state index contributed by atoms with van der Waals surface area (Å²) in [5, 5.41) is 2.99. The average Bonchev–Trinajstić information content (AvgIpc) is 2.49. The normalized spacial score (nSPS) is 20.9. The van der Waals surface area contributed by atoms with Crippen molar-refractivity contribution in [2.45, 2.75) is 57.6 Å². The molecule has 0 aromatic carbocycles. The van der Waals surface area contributed by atoms with E-state index in [2.05, 4.69) is 5.32 Å². The largest absolute Gasteiger partial charge is 0.368 e. The maximum atomic E-state index is 12.0. The van der Waals surface area contributed by atoms with Crippen molar-refractivity contribution in [3.63, 3.8) is 0 Å². The first kappa shape index (κ1) is 11.5. The first-order valence-corrected chi connectivity index (χ1v) is 5.27. The number of carbonyl (C=O) groups is 1. The van der Waals surface area contributed by atoms with Crippen LogP contribution < -0.4 is 5.32 Å². The zero-order valence-corrected chi connectivity index (χ0v) is 9.64. The van der Waals surface area contributed by atoms with Crippen molar-refractivity contribution in [1.82, 2.24) is 5.32 Å². The summed E-state index contributed by atoms with van der Waals surface area (Å²) in [6, 6.07) is 0. The fourth-order valence-electron chi connectivity index (χ4n) is 1.92. The number of nitrogens with one attached hydrogen (secondary N) is 1. The maximum Gasteiger partial charge on any atom is 0.252 e. The Morgan fingerprint density at radius 3 is 2.14 bits per heavy atom. The molecule has 0 aromatic heterocycles. The van der Waals surface area contributed by atoms with Crippen LogP contribution in [-0.4, -0.2) is 24.2 Å². The molecule has 1 saturated carbocycles. The van der Waals surface area contributed by atoms with E-state index in [-0.39, 0.29) is 11.4 Å². The standard InChI is InChI=1S/C11H21NO2/c1-10(2,3)12-9(13)11(14-4)7-5-6-8-11/h5-8H2,1-4H3,(H,12,13). The van der Waals surface area contributed by atoms with Gasteiger partial charge in [0.15, 0.2) is 0 Å². The minimum absolute atomic E-state index is 0.0463. The van der Waals surface area contributed by atoms with E-state index in [1.807, 2.05) is 20.8 Å². The Labute approximate surface area is 86.2 Å². The van der Waals surface area contributed by atoms with Crippen molar-refractivity contribution in [3.8, 4) is 0 Å². The van der Waals surface area contributed by atoms with Gasteiger partial charge in [0, 0.05) is 12.6 Å². The van der Waals surface area contributed by atoms with Crippen LogP contribution in [0.2, 0.25) is 0 Å². The molecule has 0 aromatic rings. The molecule has 0 spiro atoms. The van der Waals surface area contributed by atoms with E-state index in [0.29, 0.717) is 0 Å². The highest BCUT2D eigenvalue weighted by atomic mass is 16.5. The van der Waals surface area contributed by atoms with Crippen LogP contribution in [0.4, 0.5) is 0 Å². The summed E-state index contributed by atoms with van der Waals surface area (Å²) < 4.78 is 5.39. The lowest BCUT2D eigenvalue weighted by molar-refractivity contribution is -0.144. The molecule has 0 unspecified atom stereocenters. The number of ether oxygens (including phenoxy) is 1. The van der Waals surface area contributed by atoms with Gasteiger partial charge < -0.3 is 10.1 Å². The Bertz CT molecular complexity index is 212. The molecule has 0 heterocycles. The van der Waals surface area contributed by atoms with Gasteiger partial charge in [0.2, 0.25) is 0 Å². The molecular weight excluding hydrogens is 178 g/mol. The van der Waals surface area contributed by atoms with Gasteiger partial charge in [0.1, 0.15) is 5.60 Å². The Balaban J connectivity index is 2.66. The fourth-order valence-corrected chi connectivity index (χ4v) is 1.92. The van der Waals surface area contributed by atoms with Crippen molar-refractivity contribution in [2.24, 2.45) is 0 Å². The molecule has 1 N–H and O–H groups in total. The third-order valence-electron chi connectivity index (χ3n) is 2.70. The van der Waals surface area contributed by atoms with Crippen LogP contribution in [0.15, 0.2) is 0 Å².